The molecule has 29 heavy (non-hydrogen) atoms. The zero-order chi connectivity index (χ0) is 21.6. The van der Waals surface area contributed by atoms with Gasteiger partial charge in [0.1, 0.15) is 0 Å². The number of rotatable bonds is 9. The van der Waals surface area contributed by atoms with E-state index in [-0.39, 0.29) is 23.0 Å². The largest absolute Gasteiger partial charge is 0.376 e. The maximum atomic E-state index is 12.5. The first-order valence-corrected chi connectivity index (χ1v) is 10.5. The molecule has 0 aliphatic heterocycles. The van der Waals surface area contributed by atoms with Crippen LogP contribution in [0.15, 0.2) is 47.4 Å². The monoisotopic (exact) mass is 420 g/mol. The maximum absolute atomic E-state index is 12.5. The molecule has 2 aromatic rings. The van der Waals surface area contributed by atoms with E-state index in [9.17, 15) is 23.3 Å². The summed E-state index contributed by atoms with van der Waals surface area (Å²) < 4.78 is 26.3. The molecule has 0 fully saturated rings. The number of benzene rings is 2. The van der Waals surface area contributed by atoms with E-state index in [2.05, 4.69) is 10.6 Å². The number of nitro groups is 1. The van der Waals surface area contributed by atoms with E-state index < -0.39 is 14.9 Å². The van der Waals surface area contributed by atoms with Crippen LogP contribution in [0.25, 0.3) is 0 Å². The van der Waals surface area contributed by atoms with E-state index in [1.54, 1.807) is 32.9 Å². The van der Waals surface area contributed by atoms with Crippen molar-refractivity contribution in [2.45, 2.75) is 25.7 Å². The van der Waals surface area contributed by atoms with Crippen molar-refractivity contribution < 1.29 is 18.1 Å². The molecule has 0 aliphatic rings. The van der Waals surface area contributed by atoms with Crippen molar-refractivity contribution in [3.63, 3.8) is 0 Å². The Morgan fingerprint density at radius 3 is 2.28 bits per heavy atom. The lowest BCUT2D eigenvalue weighted by Crippen LogP contribution is -2.30. The number of nitrogens with one attached hydrogen (secondary N) is 2. The van der Waals surface area contributed by atoms with E-state index in [4.69, 9.17) is 0 Å². The number of anilines is 2. The summed E-state index contributed by atoms with van der Waals surface area (Å²) in [4.78, 5) is 22.8. The predicted molar refractivity (Wildman–Crippen MR) is 112 cm³/mol. The number of hydrogen-bond donors (Lipinski definition) is 2. The summed E-state index contributed by atoms with van der Waals surface area (Å²) >= 11 is 0. The SMILES string of the molecule is CCN(CC)S(=O)(=O)c1ccc(NC(=O)CNc2cccc([N+](=O)[O-])c2C)cc1. The van der Waals surface area contributed by atoms with Crippen LogP contribution >= 0.6 is 0 Å². The fourth-order valence-corrected chi connectivity index (χ4v) is 4.27. The minimum Gasteiger partial charge on any atom is -0.376 e. The first-order valence-electron chi connectivity index (χ1n) is 9.08. The number of carbonyl (C=O) groups is 1. The highest BCUT2D eigenvalue weighted by atomic mass is 32.2. The average Bonchev–Trinajstić information content (AvgIpc) is 2.68. The Morgan fingerprint density at radius 2 is 1.72 bits per heavy atom. The van der Waals surface area contributed by atoms with Crippen LogP contribution in [0.5, 0.6) is 0 Å². The van der Waals surface area contributed by atoms with Crippen LogP contribution in [0.1, 0.15) is 19.4 Å². The van der Waals surface area contributed by atoms with Crippen molar-refractivity contribution in [2.24, 2.45) is 0 Å². The molecule has 0 aromatic heterocycles. The molecule has 0 spiro atoms. The van der Waals surface area contributed by atoms with Crippen molar-refractivity contribution in [3.05, 3.63) is 58.1 Å². The predicted octanol–water partition coefficient (Wildman–Crippen LogP) is 2.98. The maximum Gasteiger partial charge on any atom is 0.274 e. The van der Waals surface area contributed by atoms with Gasteiger partial charge >= 0.3 is 0 Å². The Morgan fingerprint density at radius 1 is 1.10 bits per heavy atom. The number of amides is 1. The molecule has 0 atom stereocenters. The molecular formula is C19H24N4O5S. The fourth-order valence-electron chi connectivity index (χ4n) is 2.82. The van der Waals surface area contributed by atoms with Gasteiger partial charge in [0.25, 0.3) is 5.69 Å². The van der Waals surface area contributed by atoms with Gasteiger partial charge in [-0.3, -0.25) is 14.9 Å². The molecule has 0 aliphatic carbocycles. The molecule has 2 rings (SSSR count). The summed E-state index contributed by atoms with van der Waals surface area (Å²) in [5.74, 6) is -0.366. The van der Waals surface area contributed by atoms with Gasteiger partial charge in [0, 0.05) is 36.1 Å². The second-order valence-corrected chi connectivity index (χ2v) is 8.16. The Bertz CT molecular complexity index is 986. The topological polar surface area (TPSA) is 122 Å². The highest BCUT2D eigenvalue weighted by Crippen LogP contribution is 2.25. The van der Waals surface area contributed by atoms with Crippen molar-refractivity contribution in [1.29, 1.82) is 0 Å². The molecule has 1 amide bonds. The van der Waals surface area contributed by atoms with Crippen LogP contribution in [-0.4, -0.2) is 43.2 Å². The molecule has 0 unspecified atom stereocenters. The summed E-state index contributed by atoms with van der Waals surface area (Å²) in [6.45, 7) is 5.80. The van der Waals surface area contributed by atoms with Crippen LogP contribution in [0.4, 0.5) is 17.1 Å². The molecule has 0 saturated heterocycles. The van der Waals surface area contributed by atoms with Gasteiger partial charge in [-0.2, -0.15) is 4.31 Å². The molecule has 9 nitrogen and oxygen atoms in total. The quantitative estimate of drug-likeness (QED) is 0.475. The molecule has 0 bridgehead atoms. The molecule has 156 valence electrons. The van der Waals surface area contributed by atoms with Crippen LogP contribution < -0.4 is 10.6 Å². The van der Waals surface area contributed by atoms with Gasteiger partial charge in [0.2, 0.25) is 15.9 Å². The summed E-state index contributed by atoms with van der Waals surface area (Å²) in [6, 6.07) is 10.5. The van der Waals surface area contributed by atoms with Gasteiger partial charge in [-0.05, 0) is 37.3 Å². The number of nitro benzene ring substituents is 1. The highest BCUT2D eigenvalue weighted by Gasteiger charge is 2.21. The van der Waals surface area contributed by atoms with E-state index >= 15 is 0 Å². The van der Waals surface area contributed by atoms with Crippen LogP contribution in [0.3, 0.4) is 0 Å². The standard InChI is InChI=1S/C19H24N4O5S/c1-4-22(5-2)29(27,28)16-11-9-15(10-12-16)21-19(24)13-20-17-7-6-8-18(14(17)3)23(25)26/h6-12,20H,4-5,13H2,1-3H3,(H,21,24). The second kappa shape index (κ2) is 9.48. The van der Waals surface area contributed by atoms with Gasteiger partial charge in [-0.25, -0.2) is 8.42 Å². The van der Waals surface area contributed by atoms with E-state index in [1.807, 2.05) is 0 Å². The Balaban J connectivity index is 2.02. The normalized spacial score (nSPS) is 11.3. The molecule has 0 saturated carbocycles. The van der Waals surface area contributed by atoms with E-state index in [0.29, 0.717) is 30.0 Å². The third kappa shape index (κ3) is 5.30. The molecule has 0 radical (unpaired) electrons. The minimum atomic E-state index is -3.56. The zero-order valence-electron chi connectivity index (χ0n) is 16.5. The van der Waals surface area contributed by atoms with Gasteiger partial charge in [-0.15, -0.1) is 0 Å². The van der Waals surface area contributed by atoms with E-state index in [1.165, 1.54) is 34.6 Å². The van der Waals surface area contributed by atoms with E-state index in [0.717, 1.165) is 0 Å². The van der Waals surface area contributed by atoms with Crippen molar-refractivity contribution in [3.8, 4) is 0 Å². The summed E-state index contributed by atoms with van der Waals surface area (Å²) in [6.07, 6.45) is 0. The minimum absolute atomic E-state index is 0.0274. The molecule has 0 heterocycles. The summed E-state index contributed by atoms with van der Waals surface area (Å²) in [5.41, 5.74) is 1.36. The van der Waals surface area contributed by atoms with Crippen molar-refractivity contribution in [2.75, 3.05) is 30.3 Å². The Labute approximate surface area is 169 Å². The van der Waals surface area contributed by atoms with Crippen molar-refractivity contribution in [1.82, 2.24) is 4.31 Å². The summed E-state index contributed by atoms with van der Waals surface area (Å²) in [5, 5.41) is 16.5. The number of hydrogen-bond acceptors (Lipinski definition) is 6. The van der Waals surface area contributed by atoms with Crippen LogP contribution in [0.2, 0.25) is 0 Å². The zero-order valence-corrected chi connectivity index (χ0v) is 17.3. The molecule has 2 aromatic carbocycles. The lowest BCUT2D eigenvalue weighted by Gasteiger charge is -2.18. The summed E-state index contributed by atoms with van der Waals surface area (Å²) in [7, 11) is -3.56. The van der Waals surface area contributed by atoms with Gasteiger partial charge in [0.15, 0.2) is 0 Å². The molecule has 10 heteroatoms. The third-order valence-electron chi connectivity index (χ3n) is 4.42. The Hall–Kier alpha value is -2.98. The lowest BCUT2D eigenvalue weighted by molar-refractivity contribution is -0.385. The van der Waals surface area contributed by atoms with Crippen molar-refractivity contribution >= 4 is 33.0 Å². The van der Waals surface area contributed by atoms with Crippen LogP contribution in [-0.2, 0) is 14.8 Å². The molecular weight excluding hydrogens is 396 g/mol. The number of carbonyl (C=O) groups excluding carboxylic acids is 1. The highest BCUT2D eigenvalue weighted by molar-refractivity contribution is 7.89. The molecule has 2 N–H and O–H groups in total. The van der Waals surface area contributed by atoms with Gasteiger partial charge < -0.3 is 10.6 Å². The first kappa shape index (κ1) is 22.3. The number of nitrogens with zero attached hydrogens (tertiary/aromatic N) is 2. The van der Waals surface area contributed by atoms with Crippen LogP contribution in [0, 0.1) is 17.0 Å². The van der Waals surface area contributed by atoms with Gasteiger partial charge in [-0.1, -0.05) is 19.9 Å². The second-order valence-electron chi connectivity index (χ2n) is 6.22. The smallest absolute Gasteiger partial charge is 0.274 e. The average molecular weight is 420 g/mol. The third-order valence-corrected chi connectivity index (χ3v) is 6.49. The number of sulfonamides is 1. The lowest BCUT2D eigenvalue weighted by atomic mass is 10.1. The van der Waals surface area contributed by atoms with Gasteiger partial charge in [0.05, 0.1) is 16.4 Å². The first-order chi connectivity index (χ1) is 13.7. The Kier molecular flexibility index (Phi) is 7.29. The fraction of sp³-hybridized carbons (Fsp3) is 0.316.